The molecule has 17 heteroatoms. The molecule has 0 saturated carbocycles. The number of nitrogen functional groups attached to an aromatic ring is 1. The van der Waals surface area contributed by atoms with E-state index in [0.29, 0.717) is 45.8 Å². The number of carbonyl (C=O) groups excluding carboxylic acids is 1. The van der Waals surface area contributed by atoms with Crippen LogP contribution in [0.4, 0.5) is 11.4 Å². The summed E-state index contributed by atoms with van der Waals surface area (Å²) in [6.07, 6.45) is 0. The Bertz CT molecular complexity index is 2370. The first-order valence-electron chi connectivity index (χ1n) is 16.7. The van der Waals surface area contributed by atoms with Gasteiger partial charge in [0.15, 0.2) is 11.5 Å². The number of nitrogens with zero attached hydrogens (tertiary/aromatic N) is 2. The van der Waals surface area contributed by atoms with Crippen LogP contribution in [0, 0.1) is 11.8 Å². The van der Waals surface area contributed by atoms with Gasteiger partial charge in [0.1, 0.15) is 56.3 Å². The Morgan fingerprint density at radius 3 is 1.53 bits per heavy atom. The number of H-pyrrole nitrogens is 2. The van der Waals surface area contributed by atoms with Gasteiger partial charge in [-0.3, -0.25) is 15.0 Å². The largest absolute Gasteiger partial charge is 0.495 e. The van der Waals surface area contributed by atoms with Gasteiger partial charge in [-0.2, -0.15) is 10.2 Å². The van der Waals surface area contributed by atoms with Crippen molar-refractivity contribution in [1.82, 2.24) is 20.4 Å². The van der Waals surface area contributed by atoms with Crippen molar-refractivity contribution in [1.29, 1.82) is 0 Å². The van der Waals surface area contributed by atoms with Gasteiger partial charge in [0, 0.05) is 28.9 Å². The van der Waals surface area contributed by atoms with E-state index < -0.39 is 5.91 Å². The molecule has 2 heterocycles. The molecule has 0 fully saturated rings. The van der Waals surface area contributed by atoms with Gasteiger partial charge >= 0.3 is 0 Å². The average molecular weight is 855 g/mol. The minimum absolute atomic E-state index is 0.110. The molecule has 5 N–H and O–H groups in total. The smallest absolute Gasteiger partial charge is 0.300 e. The number of ether oxygens (including phenoxy) is 6. The fourth-order valence-corrected chi connectivity index (χ4v) is 6.46. The Labute approximate surface area is 348 Å². The number of aromatic amines is 2. The van der Waals surface area contributed by atoms with Crippen LogP contribution in [0.3, 0.4) is 0 Å². The van der Waals surface area contributed by atoms with Crippen molar-refractivity contribution >= 4 is 63.7 Å². The number of hydrogen-bond acceptors (Lipinski definition) is 10. The topological polar surface area (TPSA) is 168 Å². The van der Waals surface area contributed by atoms with E-state index in [-0.39, 0.29) is 44.8 Å². The zero-order valence-corrected chi connectivity index (χ0v) is 34.2. The van der Waals surface area contributed by atoms with Crippen LogP contribution in [-0.2, 0) is 18.0 Å². The number of amides is 1. The lowest BCUT2D eigenvalue weighted by atomic mass is 10.1. The van der Waals surface area contributed by atoms with E-state index in [1.165, 1.54) is 28.4 Å². The van der Waals surface area contributed by atoms with Crippen molar-refractivity contribution in [2.24, 2.45) is 0 Å². The fourth-order valence-electron chi connectivity index (χ4n) is 5.24. The number of rotatable bonds is 13. The third kappa shape index (κ3) is 10.1. The molecule has 0 aliphatic rings. The summed E-state index contributed by atoms with van der Waals surface area (Å²) in [4.78, 5) is 11.9. The summed E-state index contributed by atoms with van der Waals surface area (Å²) in [6.45, 7) is 1.88. The Morgan fingerprint density at radius 2 is 1.09 bits per heavy atom. The van der Waals surface area contributed by atoms with E-state index in [2.05, 4.69) is 37.6 Å². The summed E-state index contributed by atoms with van der Waals surface area (Å²) in [5, 5.41) is 18.2. The number of aromatic nitrogens is 4. The second-order valence-electron chi connectivity index (χ2n) is 11.6. The standard InChI is InChI=1S/C22H19Cl2N3O4.C18H17Cl2N3O3/c1-4-7-19(28)25-15-9-6-5-8-14(15)16-10-13(26-27-16)12-31-22-20(23)17(29-2)11-18(30-3)21(22)24;1-24-14-8-15(25-2)17(20)18(16(14)19)26-9-10-7-13(23-22-10)11-5-3-4-6-12(11)21/h5-6,8-11H,12H2,1-3H3,(H,25,28)(H,26,27);3-8H,9,21H2,1-2H3,(H,22,23). The molecule has 13 nitrogen and oxygen atoms in total. The van der Waals surface area contributed by atoms with Crippen LogP contribution in [0.2, 0.25) is 20.1 Å². The summed E-state index contributed by atoms with van der Waals surface area (Å²) in [7, 11) is 5.98. The third-order valence-electron chi connectivity index (χ3n) is 8.00. The van der Waals surface area contributed by atoms with Crippen molar-refractivity contribution in [2.45, 2.75) is 20.1 Å². The number of nitrogens with one attached hydrogen (secondary N) is 3. The summed E-state index contributed by atoms with van der Waals surface area (Å²) < 4.78 is 32.6. The molecule has 0 atom stereocenters. The van der Waals surface area contributed by atoms with E-state index in [1.807, 2.05) is 48.5 Å². The first kappa shape index (κ1) is 42.2. The first-order chi connectivity index (χ1) is 27.5. The lowest BCUT2D eigenvalue weighted by Crippen LogP contribution is -2.09. The minimum Gasteiger partial charge on any atom is -0.495 e. The van der Waals surface area contributed by atoms with Crippen LogP contribution in [-0.4, -0.2) is 54.7 Å². The average Bonchev–Trinajstić information content (AvgIpc) is 3.89. The fraction of sp³-hybridized carbons (Fsp3) is 0.175. The molecule has 4 aromatic carbocycles. The maximum absolute atomic E-state index is 11.9. The number of anilines is 2. The molecule has 1 amide bonds. The predicted molar refractivity (Wildman–Crippen MR) is 222 cm³/mol. The van der Waals surface area contributed by atoms with Crippen molar-refractivity contribution in [3.8, 4) is 68.9 Å². The van der Waals surface area contributed by atoms with Crippen LogP contribution in [0.1, 0.15) is 18.3 Å². The number of halogens is 4. The lowest BCUT2D eigenvalue weighted by molar-refractivity contribution is -0.111. The van der Waals surface area contributed by atoms with Crippen molar-refractivity contribution in [2.75, 3.05) is 39.5 Å². The van der Waals surface area contributed by atoms with Gasteiger partial charge in [0.2, 0.25) is 0 Å². The van der Waals surface area contributed by atoms with Crippen LogP contribution >= 0.6 is 46.4 Å². The monoisotopic (exact) mass is 852 g/mol. The maximum Gasteiger partial charge on any atom is 0.300 e. The van der Waals surface area contributed by atoms with Gasteiger partial charge in [0.05, 0.1) is 56.9 Å². The van der Waals surface area contributed by atoms with Crippen LogP contribution in [0.5, 0.6) is 34.5 Å². The van der Waals surface area contributed by atoms with Gasteiger partial charge in [-0.05, 0) is 37.1 Å². The molecule has 57 heavy (non-hydrogen) atoms. The quantitative estimate of drug-likeness (QED) is 0.0649. The highest BCUT2D eigenvalue weighted by Gasteiger charge is 2.21. The highest BCUT2D eigenvalue weighted by Crippen LogP contribution is 2.47. The molecule has 0 radical (unpaired) electrons. The lowest BCUT2D eigenvalue weighted by Gasteiger charge is -2.14. The number of benzene rings is 4. The summed E-state index contributed by atoms with van der Waals surface area (Å²) >= 11 is 25.3. The second kappa shape index (κ2) is 19.8. The Hall–Kier alpha value is -5.91. The number of carbonyl (C=O) groups is 1. The van der Waals surface area contributed by atoms with Gasteiger partial charge in [-0.25, -0.2) is 0 Å². The van der Waals surface area contributed by atoms with Crippen LogP contribution < -0.4 is 39.5 Å². The molecule has 2 aromatic heterocycles. The molecular weight excluding hydrogens is 818 g/mol. The highest BCUT2D eigenvalue weighted by atomic mass is 35.5. The summed E-state index contributed by atoms with van der Waals surface area (Å²) in [6, 6.07) is 21.6. The van der Waals surface area contributed by atoms with Crippen molar-refractivity contribution < 1.29 is 33.2 Å². The van der Waals surface area contributed by atoms with Gasteiger partial charge in [-0.15, -0.1) is 0 Å². The predicted octanol–water partition coefficient (Wildman–Crippen LogP) is 9.50. The number of hydrogen-bond donors (Lipinski definition) is 4. The SMILES string of the molecule is CC#CC(=O)Nc1ccccc1-c1cc(COc2c(Cl)c(OC)cc(OC)c2Cl)[nH]n1.COc1cc(OC)c(Cl)c(OCc2cc(-c3ccccc3N)n[nH]2)c1Cl. The zero-order valence-electron chi connectivity index (χ0n) is 31.2. The van der Waals surface area contributed by atoms with E-state index >= 15 is 0 Å². The van der Waals surface area contributed by atoms with Gasteiger partial charge < -0.3 is 39.5 Å². The number of para-hydroxylation sites is 2. The maximum atomic E-state index is 11.9. The summed E-state index contributed by atoms with van der Waals surface area (Å²) in [5.74, 6) is 6.71. The zero-order chi connectivity index (χ0) is 41.1. The Balaban J connectivity index is 0.000000221. The van der Waals surface area contributed by atoms with E-state index in [9.17, 15) is 4.79 Å². The normalized spacial score (nSPS) is 10.3. The van der Waals surface area contributed by atoms with Crippen LogP contribution in [0.15, 0.2) is 72.8 Å². The number of nitrogens with two attached hydrogens (primary N) is 1. The molecule has 296 valence electrons. The summed E-state index contributed by atoms with van der Waals surface area (Å²) in [5.41, 5.74) is 11.5. The van der Waals surface area contributed by atoms with Gasteiger partial charge in [-0.1, -0.05) is 88.7 Å². The highest BCUT2D eigenvalue weighted by molar-refractivity contribution is 6.39. The first-order valence-corrected chi connectivity index (χ1v) is 18.3. The van der Waals surface area contributed by atoms with E-state index in [4.69, 9.17) is 80.6 Å². The molecule has 0 spiro atoms. The van der Waals surface area contributed by atoms with Crippen LogP contribution in [0.25, 0.3) is 22.5 Å². The molecule has 0 bridgehead atoms. The number of methoxy groups -OCH3 is 4. The van der Waals surface area contributed by atoms with Crippen molar-refractivity contribution in [3.05, 3.63) is 104 Å². The minimum atomic E-state index is -0.398. The Morgan fingerprint density at radius 1 is 0.667 bits per heavy atom. The third-order valence-corrected chi connectivity index (χ3v) is 9.43. The molecule has 0 saturated heterocycles. The van der Waals surface area contributed by atoms with Gasteiger partial charge in [0.25, 0.3) is 5.91 Å². The Kier molecular flexibility index (Phi) is 14.7. The molecule has 0 unspecified atom stereocenters. The van der Waals surface area contributed by atoms with Crippen molar-refractivity contribution in [3.63, 3.8) is 0 Å². The molecule has 6 rings (SSSR count). The molecular formula is C40H36Cl4N6O7. The molecule has 0 aliphatic carbocycles. The van der Waals surface area contributed by atoms with E-state index in [0.717, 1.165) is 22.5 Å². The molecule has 6 aromatic rings. The molecule has 0 aliphatic heterocycles. The second-order valence-corrected chi connectivity index (χ2v) is 13.1. The van der Waals surface area contributed by atoms with E-state index in [1.54, 1.807) is 31.2 Å².